The van der Waals surface area contributed by atoms with Gasteiger partial charge in [-0.25, -0.2) is 4.39 Å². The fourth-order valence-corrected chi connectivity index (χ4v) is 1.30. The van der Waals surface area contributed by atoms with E-state index >= 15 is 0 Å². The molecule has 0 aliphatic rings. The summed E-state index contributed by atoms with van der Waals surface area (Å²) < 4.78 is 34.8. The zero-order valence-corrected chi connectivity index (χ0v) is 6.85. The van der Waals surface area contributed by atoms with Gasteiger partial charge in [-0.05, 0) is 15.9 Å². The first-order valence-electron chi connectivity index (χ1n) is 1.77. The van der Waals surface area contributed by atoms with E-state index in [1.165, 1.54) is 0 Å². The number of halogens is 5. The van der Waals surface area contributed by atoms with Crippen molar-refractivity contribution in [3.63, 3.8) is 0 Å². The van der Waals surface area contributed by atoms with Gasteiger partial charge in [0, 0.05) is 0 Å². The van der Waals surface area contributed by atoms with Crippen molar-refractivity contribution in [2.75, 3.05) is 0 Å². The molecular formula is C3H3Br2F3. The molecule has 0 aromatic heterocycles. The molecule has 0 N–H and O–H groups in total. The maximum atomic E-state index is 11.6. The lowest BCUT2D eigenvalue weighted by atomic mass is 10.5. The fraction of sp³-hybridized carbons (Fsp3) is 1.00. The molecule has 1 atom stereocenters. The molecule has 0 nitrogen and oxygen atoms in total. The van der Waals surface area contributed by atoms with Gasteiger partial charge in [0.15, 0.2) is 5.08 Å². The Balaban J connectivity index is 3.39. The van der Waals surface area contributed by atoms with Gasteiger partial charge in [0.1, 0.15) is 0 Å². The highest BCUT2D eigenvalue weighted by Crippen LogP contribution is 2.30. The number of rotatable bonds is 2. The van der Waals surface area contributed by atoms with Crippen LogP contribution in [0.3, 0.4) is 0 Å². The van der Waals surface area contributed by atoms with Gasteiger partial charge in [0.05, 0.1) is 6.42 Å². The second-order valence-electron chi connectivity index (χ2n) is 1.21. The van der Waals surface area contributed by atoms with Crippen LogP contribution in [0.5, 0.6) is 0 Å². The summed E-state index contributed by atoms with van der Waals surface area (Å²) in [7, 11) is 0. The highest BCUT2D eigenvalue weighted by molar-refractivity contribution is 9.10. The standard InChI is InChI=1S/C3H3Br2F3/c4-2(6)1-3(5,7)8/h2H,1H2/t2-/m1/s1. The normalized spacial score (nSPS) is 16.1. The highest BCUT2D eigenvalue weighted by Gasteiger charge is 2.27. The summed E-state index contributed by atoms with van der Waals surface area (Å²) in [5.41, 5.74) is 0. The Morgan fingerprint density at radius 2 is 1.88 bits per heavy atom. The van der Waals surface area contributed by atoms with Crippen LogP contribution in [0.15, 0.2) is 0 Å². The first-order valence-corrected chi connectivity index (χ1v) is 3.47. The second-order valence-corrected chi connectivity index (χ2v) is 3.36. The lowest BCUT2D eigenvalue weighted by Gasteiger charge is -2.05. The monoisotopic (exact) mass is 254 g/mol. The van der Waals surface area contributed by atoms with E-state index in [1.807, 2.05) is 15.9 Å². The van der Waals surface area contributed by atoms with Gasteiger partial charge in [-0.1, -0.05) is 15.9 Å². The molecule has 0 spiro atoms. The average molecular weight is 256 g/mol. The van der Waals surface area contributed by atoms with Crippen molar-refractivity contribution in [2.45, 2.75) is 16.3 Å². The van der Waals surface area contributed by atoms with Crippen molar-refractivity contribution >= 4 is 31.9 Å². The van der Waals surface area contributed by atoms with Gasteiger partial charge in [0.2, 0.25) is 0 Å². The molecule has 0 aliphatic carbocycles. The molecule has 50 valence electrons. The predicted octanol–water partition coefficient (Wildman–Crippen LogP) is 3.05. The summed E-state index contributed by atoms with van der Waals surface area (Å²) in [4.78, 5) is -3.09. The first kappa shape index (κ1) is 8.75. The van der Waals surface area contributed by atoms with E-state index in [0.717, 1.165) is 0 Å². The highest BCUT2D eigenvalue weighted by atomic mass is 79.9. The van der Waals surface area contributed by atoms with E-state index in [0.29, 0.717) is 0 Å². The number of alkyl halides is 5. The summed E-state index contributed by atoms with van der Waals surface area (Å²) in [6.45, 7) is 0. The topological polar surface area (TPSA) is 0 Å². The maximum Gasteiger partial charge on any atom is 0.305 e. The fourth-order valence-electron chi connectivity index (χ4n) is 0.175. The minimum atomic E-state index is -3.09. The molecule has 5 heteroatoms. The predicted molar refractivity (Wildman–Crippen MR) is 32.3 cm³/mol. The van der Waals surface area contributed by atoms with Crippen LogP contribution in [-0.2, 0) is 0 Å². The van der Waals surface area contributed by atoms with Crippen molar-refractivity contribution in [1.82, 2.24) is 0 Å². The molecule has 0 saturated carbocycles. The Morgan fingerprint density at radius 1 is 1.50 bits per heavy atom. The van der Waals surface area contributed by atoms with Gasteiger partial charge in [-0.15, -0.1) is 0 Å². The molecule has 0 bridgehead atoms. The third-order valence-electron chi connectivity index (χ3n) is 0.386. The van der Waals surface area contributed by atoms with Crippen LogP contribution in [0.2, 0.25) is 0 Å². The Hall–Kier alpha value is 0.750. The lowest BCUT2D eigenvalue weighted by Crippen LogP contribution is -2.08. The summed E-state index contributed by atoms with van der Waals surface area (Å²) in [6, 6.07) is 0. The Kier molecular flexibility index (Phi) is 3.34. The zero-order valence-electron chi connectivity index (χ0n) is 3.67. The first-order chi connectivity index (χ1) is 3.42. The van der Waals surface area contributed by atoms with Crippen LogP contribution in [0, 0.1) is 0 Å². The van der Waals surface area contributed by atoms with Crippen LogP contribution >= 0.6 is 31.9 Å². The minimum Gasteiger partial charge on any atom is -0.235 e. The third kappa shape index (κ3) is 6.75. The van der Waals surface area contributed by atoms with E-state index in [1.54, 1.807) is 0 Å². The van der Waals surface area contributed by atoms with Gasteiger partial charge >= 0.3 is 4.83 Å². The third-order valence-corrected chi connectivity index (χ3v) is 1.03. The lowest BCUT2D eigenvalue weighted by molar-refractivity contribution is 0.0906. The van der Waals surface area contributed by atoms with Gasteiger partial charge < -0.3 is 0 Å². The molecule has 0 saturated heterocycles. The Labute approximate surface area is 61.7 Å². The van der Waals surface area contributed by atoms with Gasteiger partial charge in [-0.2, -0.15) is 8.78 Å². The molecule has 0 fully saturated rings. The number of hydrogen-bond acceptors (Lipinski definition) is 0. The van der Waals surface area contributed by atoms with E-state index in [9.17, 15) is 13.2 Å². The molecule has 0 aromatic carbocycles. The summed E-state index contributed by atoms with van der Waals surface area (Å²) in [6.07, 6.45) is -0.840. The van der Waals surface area contributed by atoms with Gasteiger partial charge in [0.25, 0.3) is 0 Å². The van der Waals surface area contributed by atoms with Gasteiger partial charge in [-0.3, -0.25) is 0 Å². The molecule has 0 amide bonds. The van der Waals surface area contributed by atoms with E-state index < -0.39 is 16.3 Å². The van der Waals surface area contributed by atoms with Crippen LogP contribution in [0.1, 0.15) is 6.42 Å². The largest absolute Gasteiger partial charge is 0.305 e. The summed E-state index contributed by atoms with van der Waals surface area (Å²) in [5, 5.41) is -1.64. The quantitative estimate of drug-likeness (QED) is 0.666. The van der Waals surface area contributed by atoms with Crippen molar-refractivity contribution in [1.29, 1.82) is 0 Å². The van der Waals surface area contributed by atoms with E-state index in [-0.39, 0.29) is 0 Å². The molecule has 0 radical (unpaired) electrons. The SMILES string of the molecule is F[C@@H](Br)CC(F)(F)Br. The second kappa shape index (κ2) is 3.06. The smallest absolute Gasteiger partial charge is 0.235 e. The Bertz CT molecular complexity index is 67.4. The average Bonchev–Trinajstić information content (AvgIpc) is 1.21. The Morgan fingerprint density at radius 3 is 1.88 bits per heavy atom. The zero-order chi connectivity index (χ0) is 6.78. The molecule has 8 heavy (non-hydrogen) atoms. The molecule has 0 rings (SSSR count). The van der Waals surface area contributed by atoms with Crippen LogP contribution in [0.4, 0.5) is 13.2 Å². The van der Waals surface area contributed by atoms with Crippen molar-refractivity contribution in [2.24, 2.45) is 0 Å². The maximum absolute atomic E-state index is 11.6. The molecule has 0 heterocycles. The van der Waals surface area contributed by atoms with Crippen LogP contribution in [0.25, 0.3) is 0 Å². The summed E-state index contributed by atoms with van der Waals surface area (Å²) in [5.74, 6) is 0. The van der Waals surface area contributed by atoms with E-state index in [4.69, 9.17) is 0 Å². The van der Waals surface area contributed by atoms with Crippen molar-refractivity contribution in [3.05, 3.63) is 0 Å². The molecule has 0 aromatic rings. The van der Waals surface area contributed by atoms with Crippen molar-refractivity contribution < 1.29 is 13.2 Å². The molecule has 0 aliphatic heterocycles. The number of hydrogen-bond donors (Lipinski definition) is 0. The summed E-state index contributed by atoms with van der Waals surface area (Å²) >= 11 is 4.31. The van der Waals surface area contributed by atoms with Crippen LogP contribution in [-0.4, -0.2) is 9.91 Å². The van der Waals surface area contributed by atoms with Crippen molar-refractivity contribution in [3.8, 4) is 0 Å². The van der Waals surface area contributed by atoms with Crippen LogP contribution < -0.4 is 0 Å². The minimum absolute atomic E-state index is 0.840. The molecular weight excluding hydrogens is 253 g/mol. The molecule has 0 unspecified atom stereocenters. The van der Waals surface area contributed by atoms with E-state index in [2.05, 4.69) is 15.9 Å².